The van der Waals surface area contributed by atoms with E-state index in [0.717, 1.165) is 18.2 Å². The van der Waals surface area contributed by atoms with Crippen LogP contribution in [-0.4, -0.2) is 33.1 Å². The zero-order valence-electron chi connectivity index (χ0n) is 10.2. The SMILES string of the molecule is CCS(=O)CCNC(=O)c1ccc(F)c([N+](=O)[O-])c1. The third-order valence-electron chi connectivity index (χ3n) is 2.34. The van der Waals surface area contributed by atoms with E-state index in [-0.39, 0.29) is 12.1 Å². The summed E-state index contributed by atoms with van der Waals surface area (Å²) in [7, 11) is -0.998. The van der Waals surface area contributed by atoms with Crippen LogP contribution in [0.5, 0.6) is 0 Å². The third kappa shape index (κ3) is 4.40. The van der Waals surface area contributed by atoms with Crippen molar-refractivity contribution in [2.24, 2.45) is 0 Å². The summed E-state index contributed by atoms with van der Waals surface area (Å²) in [4.78, 5) is 21.3. The van der Waals surface area contributed by atoms with Gasteiger partial charge in [-0.2, -0.15) is 4.39 Å². The minimum atomic E-state index is -0.998. The van der Waals surface area contributed by atoms with Crippen LogP contribution in [0.15, 0.2) is 18.2 Å². The Hall–Kier alpha value is -1.83. The molecule has 1 rings (SSSR count). The van der Waals surface area contributed by atoms with Gasteiger partial charge in [0, 0.05) is 40.5 Å². The van der Waals surface area contributed by atoms with Crippen LogP contribution in [-0.2, 0) is 10.8 Å². The highest BCUT2D eigenvalue weighted by molar-refractivity contribution is 7.84. The van der Waals surface area contributed by atoms with E-state index in [0.29, 0.717) is 11.5 Å². The zero-order valence-corrected chi connectivity index (χ0v) is 11.0. The Kier molecular flexibility index (Phi) is 5.56. The monoisotopic (exact) mass is 288 g/mol. The molecule has 0 heterocycles. The number of nitro groups is 1. The van der Waals surface area contributed by atoms with Crippen LogP contribution in [0.25, 0.3) is 0 Å². The zero-order chi connectivity index (χ0) is 14.4. The van der Waals surface area contributed by atoms with E-state index in [4.69, 9.17) is 0 Å². The molecule has 0 saturated carbocycles. The first-order chi connectivity index (χ1) is 8.95. The van der Waals surface area contributed by atoms with Crippen molar-refractivity contribution >= 4 is 22.4 Å². The van der Waals surface area contributed by atoms with Crippen molar-refractivity contribution in [2.75, 3.05) is 18.1 Å². The van der Waals surface area contributed by atoms with Gasteiger partial charge in [-0.3, -0.25) is 19.1 Å². The Morgan fingerprint density at radius 2 is 2.21 bits per heavy atom. The predicted octanol–water partition coefficient (Wildman–Crippen LogP) is 1.23. The number of halogens is 1. The molecule has 1 unspecified atom stereocenters. The van der Waals surface area contributed by atoms with E-state index < -0.39 is 33.1 Å². The number of nitro benzene ring substituents is 1. The predicted molar refractivity (Wildman–Crippen MR) is 68.9 cm³/mol. The quantitative estimate of drug-likeness (QED) is 0.630. The molecule has 0 bridgehead atoms. The maximum atomic E-state index is 13.1. The minimum absolute atomic E-state index is 0.00428. The average molecular weight is 288 g/mol. The van der Waals surface area contributed by atoms with Crippen molar-refractivity contribution in [3.05, 3.63) is 39.7 Å². The lowest BCUT2D eigenvalue weighted by atomic mass is 10.2. The summed E-state index contributed by atoms with van der Waals surface area (Å²) >= 11 is 0. The topological polar surface area (TPSA) is 89.3 Å². The number of rotatable bonds is 6. The van der Waals surface area contributed by atoms with Crippen LogP contribution >= 0.6 is 0 Å². The minimum Gasteiger partial charge on any atom is -0.351 e. The summed E-state index contributed by atoms with van der Waals surface area (Å²) in [5.74, 6) is -0.742. The molecule has 8 heteroatoms. The third-order valence-corrected chi connectivity index (χ3v) is 3.65. The molecular formula is C11H13FN2O4S. The van der Waals surface area contributed by atoms with Gasteiger partial charge in [-0.05, 0) is 12.1 Å². The molecule has 0 fully saturated rings. The van der Waals surface area contributed by atoms with Crippen molar-refractivity contribution in [2.45, 2.75) is 6.92 Å². The molecule has 0 radical (unpaired) electrons. The van der Waals surface area contributed by atoms with Crippen LogP contribution in [0.4, 0.5) is 10.1 Å². The second-order valence-electron chi connectivity index (χ2n) is 3.61. The smallest absolute Gasteiger partial charge is 0.305 e. The van der Waals surface area contributed by atoms with Gasteiger partial charge in [-0.25, -0.2) is 0 Å². The van der Waals surface area contributed by atoms with E-state index in [1.807, 2.05) is 0 Å². The first-order valence-electron chi connectivity index (χ1n) is 5.52. The fourth-order valence-electron chi connectivity index (χ4n) is 1.32. The molecule has 1 aromatic rings. The Morgan fingerprint density at radius 1 is 1.53 bits per heavy atom. The van der Waals surface area contributed by atoms with Crippen molar-refractivity contribution in [3.8, 4) is 0 Å². The van der Waals surface area contributed by atoms with Crippen LogP contribution in [0, 0.1) is 15.9 Å². The van der Waals surface area contributed by atoms with Gasteiger partial charge in [-0.15, -0.1) is 0 Å². The van der Waals surface area contributed by atoms with Gasteiger partial charge in [-0.1, -0.05) is 6.92 Å². The highest BCUT2D eigenvalue weighted by Gasteiger charge is 2.17. The van der Waals surface area contributed by atoms with Gasteiger partial charge in [0.15, 0.2) is 0 Å². The Morgan fingerprint density at radius 3 is 2.79 bits per heavy atom. The molecule has 0 aliphatic rings. The molecule has 0 aliphatic heterocycles. The fourth-order valence-corrected chi connectivity index (χ4v) is 1.94. The van der Waals surface area contributed by atoms with Crippen LogP contribution < -0.4 is 5.32 Å². The molecule has 19 heavy (non-hydrogen) atoms. The number of carbonyl (C=O) groups excluding carboxylic acids is 1. The Balaban J connectivity index is 2.70. The van der Waals surface area contributed by atoms with Crippen molar-refractivity contribution in [1.82, 2.24) is 5.32 Å². The summed E-state index contributed by atoms with van der Waals surface area (Å²) in [6.45, 7) is 1.96. The lowest BCUT2D eigenvalue weighted by Crippen LogP contribution is -2.28. The number of nitrogens with one attached hydrogen (secondary N) is 1. The fraction of sp³-hybridized carbons (Fsp3) is 0.364. The van der Waals surface area contributed by atoms with Gasteiger partial charge >= 0.3 is 5.69 Å². The second kappa shape index (κ2) is 6.93. The van der Waals surface area contributed by atoms with E-state index in [2.05, 4.69) is 5.32 Å². The molecule has 1 amide bonds. The second-order valence-corrected chi connectivity index (χ2v) is 5.48. The molecule has 0 saturated heterocycles. The Bertz CT molecular complexity index is 521. The van der Waals surface area contributed by atoms with Crippen LogP contribution in [0.2, 0.25) is 0 Å². The van der Waals surface area contributed by atoms with Gasteiger partial charge < -0.3 is 5.32 Å². The number of benzene rings is 1. The van der Waals surface area contributed by atoms with Crippen LogP contribution in [0.1, 0.15) is 17.3 Å². The van der Waals surface area contributed by atoms with Gasteiger partial charge in [0.2, 0.25) is 5.82 Å². The summed E-state index contributed by atoms with van der Waals surface area (Å²) in [5, 5.41) is 13.0. The Labute approximate surface area is 111 Å². The first kappa shape index (κ1) is 15.2. The molecule has 1 N–H and O–H groups in total. The van der Waals surface area contributed by atoms with Crippen molar-refractivity contribution in [1.29, 1.82) is 0 Å². The van der Waals surface area contributed by atoms with E-state index >= 15 is 0 Å². The summed E-state index contributed by atoms with van der Waals surface area (Å²) in [5.41, 5.74) is -0.750. The molecule has 1 atom stereocenters. The van der Waals surface area contributed by atoms with E-state index in [1.54, 1.807) is 6.92 Å². The molecular weight excluding hydrogens is 275 g/mol. The van der Waals surface area contributed by atoms with E-state index in [1.165, 1.54) is 0 Å². The molecule has 6 nitrogen and oxygen atoms in total. The normalized spacial score (nSPS) is 11.9. The van der Waals surface area contributed by atoms with Crippen molar-refractivity contribution in [3.63, 3.8) is 0 Å². The number of nitrogens with zero attached hydrogens (tertiary/aromatic N) is 1. The maximum Gasteiger partial charge on any atom is 0.305 e. The molecule has 104 valence electrons. The molecule has 0 aromatic heterocycles. The lowest BCUT2D eigenvalue weighted by molar-refractivity contribution is -0.387. The first-order valence-corrected chi connectivity index (χ1v) is 7.01. The number of amides is 1. The highest BCUT2D eigenvalue weighted by Crippen LogP contribution is 2.18. The summed E-state index contributed by atoms with van der Waals surface area (Å²) in [6, 6.07) is 2.91. The van der Waals surface area contributed by atoms with Crippen molar-refractivity contribution < 1.29 is 18.3 Å². The standard InChI is InChI=1S/C11H13FN2O4S/c1-2-19(18)6-5-13-11(15)8-3-4-9(12)10(7-8)14(16)17/h3-4,7H,2,5-6H2,1H3,(H,13,15). The van der Waals surface area contributed by atoms with Gasteiger partial charge in [0.05, 0.1) is 4.92 Å². The number of hydrogen-bond donors (Lipinski definition) is 1. The highest BCUT2D eigenvalue weighted by atomic mass is 32.2. The van der Waals surface area contributed by atoms with Crippen LogP contribution in [0.3, 0.4) is 0 Å². The lowest BCUT2D eigenvalue weighted by Gasteiger charge is -2.04. The van der Waals surface area contributed by atoms with E-state index in [9.17, 15) is 23.5 Å². The number of hydrogen-bond acceptors (Lipinski definition) is 4. The largest absolute Gasteiger partial charge is 0.351 e. The average Bonchev–Trinajstić information content (AvgIpc) is 2.38. The molecule has 0 aliphatic carbocycles. The molecule has 1 aromatic carbocycles. The van der Waals surface area contributed by atoms with Gasteiger partial charge in [0.1, 0.15) is 0 Å². The maximum absolute atomic E-state index is 13.1. The summed E-state index contributed by atoms with van der Waals surface area (Å²) < 4.78 is 24.2. The molecule has 0 spiro atoms. The number of carbonyl (C=O) groups is 1. The van der Waals surface area contributed by atoms with Gasteiger partial charge in [0.25, 0.3) is 5.91 Å². The summed E-state index contributed by atoms with van der Waals surface area (Å²) in [6.07, 6.45) is 0.